The lowest BCUT2D eigenvalue weighted by molar-refractivity contribution is -0.141. The highest BCUT2D eigenvalue weighted by Gasteiger charge is 2.15. The van der Waals surface area contributed by atoms with Gasteiger partial charge >= 0.3 is 5.97 Å². The van der Waals surface area contributed by atoms with Crippen molar-refractivity contribution in [1.29, 1.82) is 0 Å². The summed E-state index contributed by atoms with van der Waals surface area (Å²) in [6, 6.07) is 8.89. The molecule has 0 aliphatic rings. The Kier molecular flexibility index (Phi) is 5.31. The maximum atomic E-state index is 11.8. The molecule has 0 spiro atoms. The van der Waals surface area contributed by atoms with E-state index in [9.17, 15) is 14.4 Å². The van der Waals surface area contributed by atoms with Gasteiger partial charge in [0.15, 0.2) is 0 Å². The number of carbonyl (C=O) groups is 2. The van der Waals surface area contributed by atoms with Crippen LogP contribution in [0.25, 0.3) is 11.3 Å². The first kappa shape index (κ1) is 17.2. The summed E-state index contributed by atoms with van der Waals surface area (Å²) in [4.78, 5) is 34.4. The number of rotatable bonds is 6. The fourth-order valence-electron chi connectivity index (χ4n) is 1.96. The van der Waals surface area contributed by atoms with E-state index in [1.165, 1.54) is 13.0 Å². The van der Waals surface area contributed by atoms with E-state index >= 15 is 0 Å². The van der Waals surface area contributed by atoms with Gasteiger partial charge in [-0.3, -0.25) is 14.4 Å². The lowest BCUT2D eigenvalue weighted by Crippen LogP contribution is -2.41. The molecule has 2 aromatic rings. The van der Waals surface area contributed by atoms with Crippen molar-refractivity contribution in [3.8, 4) is 17.0 Å². The molecule has 1 heterocycles. The maximum Gasteiger partial charge on any atom is 0.325 e. The molecule has 0 aliphatic carbocycles. The number of methoxy groups -OCH3 is 1. The minimum absolute atomic E-state index is 0.361. The molecule has 1 atom stereocenters. The molecule has 0 saturated carbocycles. The number of hydrogen-bond donors (Lipinski definition) is 2. The minimum Gasteiger partial charge on any atom is -0.497 e. The van der Waals surface area contributed by atoms with Crippen LogP contribution >= 0.6 is 0 Å². The van der Waals surface area contributed by atoms with Crippen LogP contribution in [0.4, 0.5) is 0 Å². The topological polar surface area (TPSA) is 111 Å². The first-order valence-electron chi connectivity index (χ1n) is 7.15. The average Bonchev–Trinajstić information content (AvgIpc) is 2.56. The highest BCUT2D eigenvalue weighted by atomic mass is 16.5. The number of carboxylic acid groups (broad SMARTS) is 1. The Labute approximate surface area is 137 Å². The number of amides is 1. The van der Waals surface area contributed by atoms with E-state index in [-0.39, 0.29) is 6.54 Å². The number of carbonyl (C=O) groups excluding carboxylic acids is 1. The number of aliphatic carboxylic acids is 1. The largest absolute Gasteiger partial charge is 0.497 e. The molecule has 0 radical (unpaired) electrons. The minimum atomic E-state index is -1.16. The third-order valence-electron chi connectivity index (χ3n) is 3.29. The van der Waals surface area contributed by atoms with Crippen LogP contribution in [0.1, 0.15) is 6.92 Å². The summed E-state index contributed by atoms with van der Waals surface area (Å²) in [5.74, 6) is -1.07. The quantitative estimate of drug-likeness (QED) is 0.798. The Morgan fingerprint density at radius 1 is 1.25 bits per heavy atom. The van der Waals surface area contributed by atoms with Crippen LogP contribution in [0, 0.1) is 0 Å². The predicted octanol–water partition coefficient (Wildman–Crippen LogP) is 0.508. The van der Waals surface area contributed by atoms with E-state index in [2.05, 4.69) is 10.4 Å². The normalized spacial score (nSPS) is 11.6. The first-order valence-corrected chi connectivity index (χ1v) is 7.15. The van der Waals surface area contributed by atoms with Crippen LogP contribution in [-0.2, 0) is 16.1 Å². The molecule has 1 unspecified atom stereocenters. The third kappa shape index (κ3) is 4.19. The van der Waals surface area contributed by atoms with Crippen molar-refractivity contribution in [2.45, 2.75) is 19.5 Å². The van der Waals surface area contributed by atoms with Crippen molar-refractivity contribution in [3.63, 3.8) is 0 Å². The zero-order valence-corrected chi connectivity index (χ0v) is 13.2. The Balaban J connectivity index is 2.20. The second kappa shape index (κ2) is 7.40. The van der Waals surface area contributed by atoms with Gasteiger partial charge in [-0.05, 0) is 37.3 Å². The van der Waals surface area contributed by atoms with Crippen molar-refractivity contribution >= 4 is 11.9 Å². The molecule has 1 aromatic heterocycles. The van der Waals surface area contributed by atoms with Gasteiger partial charge in [-0.2, -0.15) is 5.10 Å². The first-order chi connectivity index (χ1) is 11.4. The summed E-state index contributed by atoms with van der Waals surface area (Å²) in [5.41, 5.74) is 0.811. The van der Waals surface area contributed by atoms with Gasteiger partial charge in [-0.15, -0.1) is 0 Å². The molecule has 0 saturated heterocycles. The lowest BCUT2D eigenvalue weighted by atomic mass is 10.1. The molecular formula is C16H17N3O5. The Morgan fingerprint density at radius 3 is 2.50 bits per heavy atom. The van der Waals surface area contributed by atoms with Crippen molar-refractivity contribution in [3.05, 3.63) is 46.8 Å². The van der Waals surface area contributed by atoms with Gasteiger partial charge in [0, 0.05) is 11.6 Å². The second-order valence-corrected chi connectivity index (χ2v) is 5.07. The molecule has 0 fully saturated rings. The van der Waals surface area contributed by atoms with E-state index in [1.54, 1.807) is 37.4 Å². The SMILES string of the molecule is COc1ccc(-c2ccc(=O)n(CC(=O)NC(C)C(=O)O)n2)cc1. The van der Waals surface area contributed by atoms with Gasteiger partial charge in [0.1, 0.15) is 18.3 Å². The highest BCUT2D eigenvalue weighted by Crippen LogP contribution is 2.19. The van der Waals surface area contributed by atoms with E-state index in [1.807, 2.05) is 0 Å². The summed E-state index contributed by atoms with van der Waals surface area (Å²) < 4.78 is 6.07. The van der Waals surface area contributed by atoms with Gasteiger partial charge in [0.2, 0.25) is 5.91 Å². The Bertz CT molecular complexity index is 798. The van der Waals surface area contributed by atoms with Crippen LogP contribution in [0.2, 0.25) is 0 Å². The highest BCUT2D eigenvalue weighted by molar-refractivity contribution is 5.83. The van der Waals surface area contributed by atoms with E-state index in [4.69, 9.17) is 9.84 Å². The van der Waals surface area contributed by atoms with Crippen LogP contribution in [0.15, 0.2) is 41.2 Å². The van der Waals surface area contributed by atoms with Gasteiger partial charge < -0.3 is 15.2 Å². The molecule has 8 nitrogen and oxygen atoms in total. The zero-order chi connectivity index (χ0) is 17.7. The Hall–Kier alpha value is -3.16. The van der Waals surface area contributed by atoms with Crippen LogP contribution in [0.3, 0.4) is 0 Å². The molecule has 2 rings (SSSR count). The number of hydrogen-bond acceptors (Lipinski definition) is 5. The predicted molar refractivity (Wildman–Crippen MR) is 85.7 cm³/mol. The summed E-state index contributed by atoms with van der Waals surface area (Å²) >= 11 is 0. The molecule has 24 heavy (non-hydrogen) atoms. The molecule has 2 N–H and O–H groups in total. The number of nitrogens with zero attached hydrogens (tertiary/aromatic N) is 2. The molecule has 126 valence electrons. The van der Waals surface area contributed by atoms with E-state index < -0.39 is 23.5 Å². The average molecular weight is 331 g/mol. The summed E-state index contributed by atoms with van der Waals surface area (Å²) in [6.07, 6.45) is 0. The number of ether oxygens (including phenoxy) is 1. The molecule has 0 bridgehead atoms. The van der Waals surface area contributed by atoms with Gasteiger partial charge in [-0.1, -0.05) is 0 Å². The third-order valence-corrected chi connectivity index (χ3v) is 3.29. The molecule has 0 aliphatic heterocycles. The lowest BCUT2D eigenvalue weighted by Gasteiger charge is -2.11. The molecule has 1 amide bonds. The summed E-state index contributed by atoms with van der Waals surface area (Å²) in [7, 11) is 1.56. The standard InChI is InChI=1S/C16H17N3O5/c1-10(16(22)23)17-14(20)9-19-15(21)8-7-13(18-19)11-3-5-12(24-2)6-4-11/h3-8,10H,9H2,1-2H3,(H,17,20)(H,22,23). The maximum absolute atomic E-state index is 11.8. The number of nitrogens with one attached hydrogen (secondary N) is 1. The Morgan fingerprint density at radius 2 is 1.92 bits per heavy atom. The summed E-state index contributed by atoms with van der Waals surface area (Å²) in [6.45, 7) is 0.977. The van der Waals surface area contributed by atoms with Gasteiger partial charge in [0.05, 0.1) is 12.8 Å². The summed E-state index contributed by atoms with van der Waals surface area (Å²) in [5, 5.41) is 15.2. The molecular weight excluding hydrogens is 314 g/mol. The molecule has 1 aromatic carbocycles. The molecule has 8 heteroatoms. The fraction of sp³-hybridized carbons (Fsp3) is 0.250. The van der Waals surface area contributed by atoms with Crippen molar-refractivity contribution in [1.82, 2.24) is 15.1 Å². The number of benzene rings is 1. The van der Waals surface area contributed by atoms with E-state index in [0.29, 0.717) is 11.4 Å². The smallest absolute Gasteiger partial charge is 0.325 e. The van der Waals surface area contributed by atoms with Crippen molar-refractivity contribution in [2.24, 2.45) is 0 Å². The van der Waals surface area contributed by atoms with Gasteiger partial charge in [-0.25, -0.2) is 4.68 Å². The number of carboxylic acids is 1. The van der Waals surface area contributed by atoms with Gasteiger partial charge in [0.25, 0.3) is 5.56 Å². The fourth-order valence-corrected chi connectivity index (χ4v) is 1.96. The zero-order valence-electron chi connectivity index (χ0n) is 13.2. The number of aromatic nitrogens is 2. The van der Waals surface area contributed by atoms with Crippen LogP contribution in [0.5, 0.6) is 5.75 Å². The van der Waals surface area contributed by atoms with Crippen LogP contribution in [-0.4, -0.2) is 39.9 Å². The van der Waals surface area contributed by atoms with Crippen molar-refractivity contribution in [2.75, 3.05) is 7.11 Å². The van der Waals surface area contributed by atoms with E-state index in [0.717, 1.165) is 10.2 Å². The monoisotopic (exact) mass is 331 g/mol. The van der Waals surface area contributed by atoms with Crippen molar-refractivity contribution < 1.29 is 19.4 Å². The second-order valence-electron chi connectivity index (χ2n) is 5.07. The van der Waals surface area contributed by atoms with Crippen LogP contribution < -0.4 is 15.6 Å².